The van der Waals surface area contributed by atoms with Crippen LogP contribution in [-0.2, 0) is 9.53 Å². The number of morpholine rings is 1. The molecule has 104 valence electrons. The lowest BCUT2D eigenvalue weighted by molar-refractivity contribution is -0.133. The Morgan fingerprint density at radius 3 is 2.95 bits per heavy atom. The monoisotopic (exact) mass is 263 g/mol. The molecular weight excluding hydrogens is 242 g/mol. The van der Waals surface area contributed by atoms with Crippen LogP contribution >= 0.6 is 0 Å². The highest BCUT2D eigenvalue weighted by molar-refractivity contribution is 5.77. The highest BCUT2D eigenvalue weighted by Crippen LogP contribution is 2.18. The van der Waals surface area contributed by atoms with E-state index in [-0.39, 0.29) is 18.0 Å². The van der Waals surface area contributed by atoms with Gasteiger partial charge in [-0.05, 0) is 24.6 Å². The number of nitrogens with one attached hydrogen (secondary N) is 1. The first-order chi connectivity index (χ1) is 9.18. The van der Waals surface area contributed by atoms with Gasteiger partial charge in [0.15, 0.2) is 0 Å². The van der Waals surface area contributed by atoms with Gasteiger partial charge in [-0.1, -0.05) is 0 Å². The van der Waals surface area contributed by atoms with E-state index in [0.29, 0.717) is 13.0 Å². The van der Waals surface area contributed by atoms with Gasteiger partial charge in [-0.25, -0.2) is 0 Å². The fourth-order valence-corrected chi connectivity index (χ4v) is 2.19. The van der Waals surface area contributed by atoms with E-state index in [2.05, 4.69) is 10.3 Å². The highest BCUT2D eigenvalue weighted by atomic mass is 16.5. The fourth-order valence-electron chi connectivity index (χ4n) is 2.19. The molecule has 1 aromatic rings. The quantitative estimate of drug-likeness (QED) is 0.880. The second-order valence-electron chi connectivity index (χ2n) is 4.89. The largest absolute Gasteiger partial charge is 0.378 e. The summed E-state index contributed by atoms with van der Waals surface area (Å²) in [5, 5.41) is 3.30. The molecule has 1 aliphatic heterocycles. The summed E-state index contributed by atoms with van der Waals surface area (Å²) in [6.45, 7) is 4.19. The maximum absolute atomic E-state index is 12.2. The summed E-state index contributed by atoms with van der Waals surface area (Å²) in [7, 11) is 1.84. The minimum Gasteiger partial charge on any atom is -0.378 e. The summed E-state index contributed by atoms with van der Waals surface area (Å²) < 4.78 is 5.37. The lowest BCUT2D eigenvalue weighted by atomic mass is 10.1. The molecule has 0 spiro atoms. The Bertz CT molecular complexity index is 404. The van der Waals surface area contributed by atoms with Crippen LogP contribution in [0.5, 0.6) is 0 Å². The van der Waals surface area contributed by atoms with E-state index >= 15 is 0 Å². The minimum absolute atomic E-state index is 0.0556. The Hall–Kier alpha value is -1.46. The van der Waals surface area contributed by atoms with Crippen LogP contribution in [0.25, 0.3) is 0 Å². The normalized spacial score (nSPS) is 20.8. The van der Waals surface area contributed by atoms with Crippen molar-refractivity contribution >= 4 is 5.91 Å². The predicted molar refractivity (Wildman–Crippen MR) is 72.6 cm³/mol. The molecule has 5 nitrogen and oxygen atoms in total. The van der Waals surface area contributed by atoms with Crippen molar-refractivity contribution in [3.8, 4) is 0 Å². The molecule has 0 aromatic carbocycles. The second kappa shape index (κ2) is 6.63. The number of ether oxygens (including phenoxy) is 1. The molecule has 0 aliphatic carbocycles. The number of amides is 1. The summed E-state index contributed by atoms with van der Waals surface area (Å²) in [5.41, 5.74) is 1.10. The van der Waals surface area contributed by atoms with Crippen molar-refractivity contribution in [2.75, 3.05) is 26.8 Å². The number of hydrogen-bond donors (Lipinski definition) is 1. The third-order valence-electron chi connectivity index (χ3n) is 3.58. The van der Waals surface area contributed by atoms with Gasteiger partial charge in [0.25, 0.3) is 0 Å². The van der Waals surface area contributed by atoms with Crippen molar-refractivity contribution in [1.29, 1.82) is 0 Å². The van der Waals surface area contributed by atoms with E-state index in [1.807, 2.05) is 26.1 Å². The van der Waals surface area contributed by atoms with Crippen LogP contribution in [0.2, 0.25) is 0 Å². The van der Waals surface area contributed by atoms with E-state index < -0.39 is 0 Å². The molecule has 0 saturated carbocycles. The number of rotatable bonds is 4. The number of nitrogens with zero attached hydrogens (tertiary/aromatic N) is 2. The molecule has 2 rings (SSSR count). The molecule has 0 radical (unpaired) electrons. The van der Waals surface area contributed by atoms with Crippen LogP contribution in [0.15, 0.2) is 24.5 Å². The first kappa shape index (κ1) is 14.0. The van der Waals surface area contributed by atoms with Gasteiger partial charge in [-0.15, -0.1) is 0 Å². The number of hydrogen-bond acceptors (Lipinski definition) is 4. The van der Waals surface area contributed by atoms with E-state index in [9.17, 15) is 4.79 Å². The summed E-state index contributed by atoms with van der Waals surface area (Å²) >= 11 is 0. The Morgan fingerprint density at radius 2 is 2.32 bits per heavy atom. The molecule has 1 N–H and O–H groups in total. The van der Waals surface area contributed by atoms with Crippen molar-refractivity contribution < 1.29 is 9.53 Å². The van der Waals surface area contributed by atoms with Gasteiger partial charge in [0.1, 0.15) is 0 Å². The van der Waals surface area contributed by atoms with Crippen molar-refractivity contribution in [3.63, 3.8) is 0 Å². The van der Waals surface area contributed by atoms with E-state index in [0.717, 1.165) is 18.7 Å². The average Bonchev–Trinajstić information content (AvgIpc) is 2.47. The van der Waals surface area contributed by atoms with Crippen molar-refractivity contribution in [2.45, 2.75) is 25.4 Å². The number of pyridine rings is 1. The molecular formula is C14H21N3O2. The zero-order valence-corrected chi connectivity index (χ0v) is 11.5. The third kappa shape index (κ3) is 3.75. The molecule has 1 fully saturated rings. The summed E-state index contributed by atoms with van der Waals surface area (Å²) in [5.74, 6) is 0.132. The lowest BCUT2D eigenvalue weighted by Crippen LogP contribution is -2.44. The van der Waals surface area contributed by atoms with Crippen LogP contribution in [-0.4, -0.2) is 48.6 Å². The molecule has 1 saturated heterocycles. The highest BCUT2D eigenvalue weighted by Gasteiger charge is 2.22. The summed E-state index contributed by atoms with van der Waals surface area (Å²) in [4.78, 5) is 18.0. The van der Waals surface area contributed by atoms with Crippen LogP contribution < -0.4 is 5.32 Å². The minimum atomic E-state index is 0.0556. The summed E-state index contributed by atoms with van der Waals surface area (Å²) in [6.07, 6.45) is 3.98. The summed E-state index contributed by atoms with van der Waals surface area (Å²) in [6, 6.07) is 4.07. The molecule has 5 heteroatoms. The number of aromatic nitrogens is 1. The maximum atomic E-state index is 12.2. The standard InChI is InChI=1S/C14H21N3O2/c1-11(12-3-5-15-6-4-12)17(2)14(18)9-13-10-19-8-7-16-13/h3-6,11,13,16H,7-10H2,1-2H3/t11-,13+/m0/s1. The zero-order valence-electron chi connectivity index (χ0n) is 11.5. The maximum Gasteiger partial charge on any atom is 0.224 e. The predicted octanol–water partition coefficient (Wildman–Crippen LogP) is 0.979. The fraction of sp³-hybridized carbons (Fsp3) is 0.571. The van der Waals surface area contributed by atoms with Crippen molar-refractivity contribution in [1.82, 2.24) is 15.2 Å². The van der Waals surface area contributed by atoms with Gasteiger partial charge in [0.2, 0.25) is 5.91 Å². The molecule has 2 heterocycles. The Balaban J connectivity index is 1.91. The molecule has 1 amide bonds. The third-order valence-corrected chi connectivity index (χ3v) is 3.58. The second-order valence-corrected chi connectivity index (χ2v) is 4.89. The van der Waals surface area contributed by atoms with E-state index in [1.165, 1.54) is 0 Å². The van der Waals surface area contributed by atoms with E-state index in [1.54, 1.807) is 17.3 Å². The molecule has 0 bridgehead atoms. The number of carbonyl (C=O) groups is 1. The number of carbonyl (C=O) groups excluding carboxylic acids is 1. The molecule has 1 aliphatic rings. The van der Waals surface area contributed by atoms with Crippen LogP contribution in [0.4, 0.5) is 0 Å². The van der Waals surface area contributed by atoms with Gasteiger partial charge in [0, 0.05) is 38.4 Å². The molecule has 2 atom stereocenters. The van der Waals surface area contributed by atoms with Gasteiger partial charge < -0.3 is 15.0 Å². The average molecular weight is 263 g/mol. The molecule has 1 aromatic heterocycles. The lowest BCUT2D eigenvalue weighted by Gasteiger charge is -2.29. The van der Waals surface area contributed by atoms with Crippen molar-refractivity contribution in [3.05, 3.63) is 30.1 Å². The SMILES string of the molecule is C[C@@H](c1ccncc1)N(C)C(=O)C[C@@H]1COCCN1. The first-order valence-corrected chi connectivity index (χ1v) is 6.65. The van der Waals surface area contributed by atoms with Gasteiger partial charge in [0.05, 0.1) is 19.3 Å². The van der Waals surface area contributed by atoms with Gasteiger partial charge >= 0.3 is 0 Å². The van der Waals surface area contributed by atoms with Crippen LogP contribution in [0.3, 0.4) is 0 Å². The molecule has 0 unspecified atom stereocenters. The van der Waals surface area contributed by atoms with Crippen LogP contribution in [0.1, 0.15) is 24.9 Å². The Labute approximate surface area is 114 Å². The zero-order chi connectivity index (χ0) is 13.7. The first-order valence-electron chi connectivity index (χ1n) is 6.65. The molecule has 19 heavy (non-hydrogen) atoms. The Morgan fingerprint density at radius 1 is 1.58 bits per heavy atom. The topological polar surface area (TPSA) is 54.5 Å². The Kier molecular flexibility index (Phi) is 4.87. The van der Waals surface area contributed by atoms with E-state index in [4.69, 9.17) is 4.74 Å². The van der Waals surface area contributed by atoms with Gasteiger partial charge in [-0.3, -0.25) is 9.78 Å². The van der Waals surface area contributed by atoms with Crippen molar-refractivity contribution in [2.24, 2.45) is 0 Å². The smallest absolute Gasteiger partial charge is 0.224 e. The van der Waals surface area contributed by atoms with Crippen LogP contribution in [0, 0.1) is 0 Å². The van der Waals surface area contributed by atoms with Gasteiger partial charge in [-0.2, -0.15) is 0 Å².